The van der Waals surface area contributed by atoms with E-state index in [1.165, 1.54) is 57.8 Å². The summed E-state index contributed by atoms with van der Waals surface area (Å²) in [5, 5.41) is 12.3. The van der Waals surface area contributed by atoms with Gasteiger partial charge in [0, 0.05) is 18.7 Å². The van der Waals surface area contributed by atoms with Gasteiger partial charge in [-0.3, -0.25) is 4.79 Å². The third-order valence-electron chi connectivity index (χ3n) is 4.88. The highest BCUT2D eigenvalue weighted by Gasteiger charge is 2.03. The number of hydrogen-bond acceptors (Lipinski definition) is 2. The molecule has 0 atom stereocenters. The first-order valence-electron chi connectivity index (χ1n) is 10.9. The second kappa shape index (κ2) is 16.4. The van der Waals surface area contributed by atoms with Crippen molar-refractivity contribution in [3.05, 3.63) is 42.0 Å². The number of allylic oxidation sites excluding steroid dienone is 2. The standard InChI is InChI=1S/C24H39NO2/c1-2-3-4-5-6-7-8-9-10-11-12-13-16-21-25-23-18-15-14-17-22(23)19-20-24(26)27/h11-12,14-15,17-18,25H,2-10,13,16,19-21H2,1H3,(H,26,27). The zero-order valence-electron chi connectivity index (χ0n) is 17.2. The number of aryl methyl sites for hydroxylation is 1. The van der Waals surface area contributed by atoms with Gasteiger partial charge in [0.1, 0.15) is 0 Å². The van der Waals surface area contributed by atoms with Crippen LogP contribution in [0.2, 0.25) is 0 Å². The van der Waals surface area contributed by atoms with Crippen LogP contribution in [-0.4, -0.2) is 17.6 Å². The summed E-state index contributed by atoms with van der Waals surface area (Å²) >= 11 is 0. The Morgan fingerprint density at radius 3 is 2.26 bits per heavy atom. The van der Waals surface area contributed by atoms with E-state index in [1.807, 2.05) is 24.3 Å². The van der Waals surface area contributed by atoms with Crippen molar-refractivity contribution in [2.45, 2.75) is 90.4 Å². The van der Waals surface area contributed by atoms with Gasteiger partial charge in [-0.2, -0.15) is 0 Å². The number of unbranched alkanes of at least 4 members (excludes halogenated alkanes) is 9. The molecule has 0 aliphatic carbocycles. The van der Waals surface area contributed by atoms with Gasteiger partial charge in [0.05, 0.1) is 0 Å². The largest absolute Gasteiger partial charge is 0.481 e. The van der Waals surface area contributed by atoms with Crippen molar-refractivity contribution >= 4 is 11.7 Å². The minimum Gasteiger partial charge on any atom is -0.481 e. The van der Waals surface area contributed by atoms with Crippen LogP contribution in [0.25, 0.3) is 0 Å². The summed E-state index contributed by atoms with van der Waals surface area (Å²) in [4.78, 5) is 10.8. The number of benzene rings is 1. The molecule has 1 aromatic carbocycles. The number of carboxylic acids is 1. The van der Waals surface area contributed by atoms with E-state index in [0.717, 1.165) is 30.6 Å². The van der Waals surface area contributed by atoms with Crippen LogP contribution in [0.5, 0.6) is 0 Å². The molecule has 0 aliphatic rings. The van der Waals surface area contributed by atoms with Gasteiger partial charge in [-0.15, -0.1) is 0 Å². The van der Waals surface area contributed by atoms with Crippen molar-refractivity contribution in [1.29, 1.82) is 0 Å². The van der Waals surface area contributed by atoms with Crippen molar-refractivity contribution in [1.82, 2.24) is 0 Å². The fourth-order valence-corrected chi connectivity index (χ4v) is 3.23. The quantitative estimate of drug-likeness (QED) is 0.229. The molecule has 0 unspecified atom stereocenters. The molecule has 0 radical (unpaired) electrons. The number of hydrogen-bond donors (Lipinski definition) is 2. The van der Waals surface area contributed by atoms with Crippen molar-refractivity contribution in [2.75, 3.05) is 11.9 Å². The lowest BCUT2D eigenvalue weighted by Crippen LogP contribution is -2.05. The molecule has 3 heteroatoms. The maximum Gasteiger partial charge on any atom is 0.303 e. The van der Waals surface area contributed by atoms with E-state index in [4.69, 9.17) is 5.11 Å². The Morgan fingerprint density at radius 1 is 0.926 bits per heavy atom. The molecule has 0 spiro atoms. The van der Waals surface area contributed by atoms with E-state index in [0.29, 0.717) is 6.42 Å². The van der Waals surface area contributed by atoms with Gasteiger partial charge in [-0.05, 0) is 43.7 Å². The zero-order chi connectivity index (χ0) is 19.6. The van der Waals surface area contributed by atoms with Crippen LogP contribution in [0.4, 0.5) is 5.69 Å². The molecule has 2 N–H and O–H groups in total. The third kappa shape index (κ3) is 13.1. The first-order valence-corrected chi connectivity index (χ1v) is 10.9. The SMILES string of the molecule is CCCCCCCCCCC=CCCCNc1ccccc1CCC(=O)O. The second-order valence-electron chi connectivity index (χ2n) is 7.35. The molecule has 0 bridgehead atoms. The van der Waals surface area contributed by atoms with Crippen molar-refractivity contribution in [3.8, 4) is 0 Å². The van der Waals surface area contributed by atoms with Crippen molar-refractivity contribution < 1.29 is 9.90 Å². The van der Waals surface area contributed by atoms with Crippen molar-refractivity contribution in [2.24, 2.45) is 0 Å². The van der Waals surface area contributed by atoms with Crippen LogP contribution in [-0.2, 0) is 11.2 Å². The second-order valence-corrected chi connectivity index (χ2v) is 7.35. The van der Waals surface area contributed by atoms with Gasteiger partial charge < -0.3 is 10.4 Å². The predicted octanol–water partition coefficient (Wildman–Crippen LogP) is 6.98. The Kier molecular flexibility index (Phi) is 14.1. The molecule has 0 heterocycles. The highest BCUT2D eigenvalue weighted by Crippen LogP contribution is 2.17. The van der Waals surface area contributed by atoms with E-state index >= 15 is 0 Å². The van der Waals surface area contributed by atoms with E-state index in [9.17, 15) is 4.79 Å². The minimum absolute atomic E-state index is 0.181. The first kappa shape index (κ1) is 23.3. The molecular formula is C24H39NO2. The monoisotopic (exact) mass is 373 g/mol. The third-order valence-corrected chi connectivity index (χ3v) is 4.88. The van der Waals surface area contributed by atoms with Crippen LogP contribution in [0.3, 0.4) is 0 Å². The van der Waals surface area contributed by atoms with E-state index in [2.05, 4.69) is 24.4 Å². The predicted molar refractivity (Wildman–Crippen MR) is 116 cm³/mol. The molecule has 0 aromatic heterocycles. The summed E-state index contributed by atoms with van der Waals surface area (Å²) in [6.07, 6.45) is 19.8. The molecule has 3 nitrogen and oxygen atoms in total. The molecule has 1 rings (SSSR count). The van der Waals surface area contributed by atoms with Crippen LogP contribution in [0, 0.1) is 0 Å². The topological polar surface area (TPSA) is 49.3 Å². The van der Waals surface area contributed by atoms with Crippen molar-refractivity contribution in [3.63, 3.8) is 0 Å². The van der Waals surface area contributed by atoms with Crippen LogP contribution in [0.15, 0.2) is 36.4 Å². The normalized spacial score (nSPS) is 11.1. The molecule has 0 fully saturated rings. The zero-order valence-corrected chi connectivity index (χ0v) is 17.2. The molecule has 152 valence electrons. The van der Waals surface area contributed by atoms with Gasteiger partial charge in [-0.25, -0.2) is 0 Å². The lowest BCUT2D eigenvalue weighted by Gasteiger charge is -2.10. The van der Waals surface area contributed by atoms with Crippen LogP contribution >= 0.6 is 0 Å². The Morgan fingerprint density at radius 2 is 1.56 bits per heavy atom. The summed E-state index contributed by atoms with van der Waals surface area (Å²) in [6.45, 7) is 3.19. The number of rotatable bonds is 17. The Hall–Kier alpha value is -1.77. The smallest absolute Gasteiger partial charge is 0.303 e. The molecule has 0 saturated heterocycles. The fourth-order valence-electron chi connectivity index (χ4n) is 3.23. The van der Waals surface area contributed by atoms with Gasteiger partial charge in [0.25, 0.3) is 0 Å². The average molecular weight is 374 g/mol. The lowest BCUT2D eigenvalue weighted by molar-refractivity contribution is -0.136. The number of carbonyl (C=O) groups is 1. The van der Waals surface area contributed by atoms with E-state index in [-0.39, 0.29) is 6.42 Å². The maximum atomic E-state index is 10.8. The minimum atomic E-state index is -0.744. The molecule has 0 amide bonds. The van der Waals surface area contributed by atoms with Crippen LogP contribution in [0.1, 0.15) is 89.5 Å². The first-order chi connectivity index (χ1) is 13.2. The number of aliphatic carboxylic acids is 1. The Labute approximate surface area is 166 Å². The van der Waals surface area contributed by atoms with E-state index < -0.39 is 5.97 Å². The summed E-state index contributed by atoms with van der Waals surface area (Å²) in [7, 11) is 0. The highest BCUT2D eigenvalue weighted by atomic mass is 16.4. The van der Waals surface area contributed by atoms with Gasteiger partial charge in [-0.1, -0.05) is 82.2 Å². The summed E-state index contributed by atoms with van der Waals surface area (Å²) < 4.78 is 0. The van der Waals surface area contributed by atoms with Gasteiger partial charge >= 0.3 is 5.97 Å². The molecule has 1 aromatic rings. The number of carboxylic acid groups (broad SMARTS) is 1. The summed E-state index contributed by atoms with van der Waals surface area (Å²) in [5.74, 6) is -0.744. The summed E-state index contributed by atoms with van der Waals surface area (Å²) in [6, 6.07) is 8.01. The maximum absolute atomic E-state index is 10.8. The molecule has 27 heavy (non-hydrogen) atoms. The highest BCUT2D eigenvalue weighted by molar-refractivity contribution is 5.67. The number of anilines is 1. The molecular weight excluding hydrogens is 334 g/mol. The molecule has 0 aliphatic heterocycles. The number of para-hydroxylation sites is 1. The fraction of sp³-hybridized carbons (Fsp3) is 0.625. The summed E-state index contributed by atoms with van der Waals surface area (Å²) in [5.41, 5.74) is 2.16. The Bertz CT molecular complexity index is 525. The van der Waals surface area contributed by atoms with Crippen LogP contribution < -0.4 is 5.32 Å². The van der Waals surface area contributed by atoms with E-state index in [1.54, 1.807) is 0 Å². The molecule has 0 saturated carbocycles. The van der Waals surface area contributed by atoms with Gasteiger partial charge in [0.15, 0.2) is 0 Å². The number of nitrogens with one attached hydrogen (secondary N) is 1. The lowest BCUT2D eigenvalue weighted by atomic mass is 10.1. The Balaban J connectivity index is 2.02. The van der Waals surface area contributed by atoms with Gasteiger partial charge in [0.2, 0.25) is 0 Å². The average Bonchev–Trinajstić information content (AvgIpc) is 2.67.